The molecule has 9 nitrogen and oxygen atoms in total. The molecule has 4 heterocycles. The highest BCUT2D eigenvalue weighted by Crippen LogP contribution is 2.34. The van der Waals surface area contributed by atoms with E-state index in [2.05, 4.69) is 31.3 Å². The van der Waals surface area contributed by atoms with Crippen LogP contribution in [0.3, 0.4) is 0 Å². The molecule has 2 unspecified atom stereocenters. The molecule has 0 spiro atoms. The van der Waals surface area contributed by atoms with Crippen LogP contribution in [0.15, 0.2) is 40.5 Å². The van der Waals surface area contributed by atoms with E-state index < -0.39 is 0 Å². The number of hydrogen-bond donors (Lipinski definition) is 3. The van der Waals surface area contributed by atoms with E-state index in [1.54, 1.807) is 13.2 Å². The molecule has 2 atom stereocenters. The zero-order chi connectivity index (χ0) is 20.5. The maximum atomic E-state index is 12.4. The zero-order valence-corrected chi connectivity index (χ0v) is 16.9. The Labute approximate surface area is 174 Å². The van der Waals surface area contributed by atoms with Gasteiger partial charge < -0.3 is 19.8 Å². The summed E-state index contributed by atoms with van der Waals surface area (Å²) < 4.78 is 11.2. The van der Waals surface area contributed by atoms with Crippen molar-refractivity contribution >= 4 is 5.91 Å². The summed E-state index contributed by atoms with van der Waals surface area (Å²) in [6.07, 6.45) is 4.12. The molecule has 1 amide bonds. The van der Waals surface area contributed by atoms with Gasteiger partial charge in [-0.15, -0.1) is 10.2 Å². The molecule has 2 fully saturated rings. The number of methoxy groups -OCH3 is 1. The molecule has 5 rings (SSSR count). The summed E-state index contributed by atoms with van der Waals surface area (Å²) >= 11 is 0. The molecule has 0 saturated carbocycles. The molecule has 0 radical (unpaired) electrons. The van der Waals surface area contributed by atoms with E-state index >= 15 is 0 Å². The zero-order valence-electron chi connectivity index (χ0n) is 16.9. The third kappa shape index (κ3) is 3.66. The van der Waals surface area contributed by atoms with Crippen molar-refractivity contribution in [1.82, 2.24) is 31.3 Å². The summed E-state index contributed by atoms with van der Waals surface area (Å²) in [5.41, 5.74) is 5.56. The first kappa shape index (κ1) is 19.1. The number of piperidine rings is 1. The van der Waals surface area contributed by atoms with Gasteiger partial charge in [-0.1, -0.05) is 12.1 Å². The fourth-order valence-corrected chi connectivity index (χ4v) is 4.46. The summed E-state index contributed by atoms with van der Waals surface area (Å²) in [6, 6.07) is 7.80. The second-order valence-corrected chi connectivity index (χ2v) is 7.94. The summed E-state index contributed by atoms with van der Waals surface area (Å²) in [4.78, 5) is 12.4. The van der Waals surface area contributed by atoms with Crippen molar-refractivity contribution in [1.29, 1.82) is 0 Å². The molecular formula is C21H26N6O3. The molecule has 3 N–H and O–H groups in total. The van der Waals surface area contributed by atoms with Crippen molar-refractivity contribution in [3.8, 4) is 5.75 Å². The second kappa shape index (κ2) is 8.08. The maximum Gasteiger partial charge on any atom is 0.247 e. The van der Waals surface area contributed by atoms with Crippen molar-refractivity contribution in [3.63, 3.8) is 0 Å². The highest BCUT2D eigenvalue weighted by atomic mass is 16.5. The highest BCUT2D eigenvalue weighted by molar-refractivity contribution is 5.89. The third-order valence-corrected chi connectivity index (χ3v) is 6.06. The first-order valence-electron chi connectivity index (χ1n) is 10.4. The lowest BCUT2D eigenvalue weighted by atomic mass is 9.92. The number of nitrogens with one attached hydrogen (secondary N) is 3. The van der Waals surface area contributed by atoms with Gasteiger partial charge in [-0.3, -0.25) is 9.80 Å². The molecule has 0 bridgehead atoms. The van der Waals surface area contributed by atoms with E-state index in [4.69, 9.17) is 9.15 Å². The minimum atomic E-state index is -0.221. The summed E-state index contributed by atoms with van der Waals surface area (Å²) in [6.45, 7) is 2.59. The molecule has 30 heavy (non-hydrogen) atoms. The Kier molecular flexibility index (Phi) is 5.14. The number of rotatable bonds is 5. The van der Waals surface area contributed by atoms with E-state index in [0.717, 1.165) is 42.9 Å². The Morgan fingerprint density at radius 2 is 2.00 bits per heavy atom. The number of carbonyl (C=O) groups excluding carboxylic acids is 1. The van der Waals surface area contributed by atoms with Crippen LogP contribution in [0, 0.1) is 5.92 Å². The predicted molar refractivity (Wildman–Crippen MR) is 108 cm³/mol. The topological polar surface area (TPSA) is 105 Å². The van der Waals surface area contributed by atoms with E-state index in [0.29, 0.717) is 30.7 Å². The smallest absolute Gasteiger partial charge is 0.247 e. The van der Waals surface area contributed by atoms with Crippen molar-refractivity contribution in [2.75, 3.05) is 26.7 Å². The summed E-state index contributed by atoms with van der Waals surface area (Å²) in [7, 11) is 1.65. The summed E-state index contributed by atoms with van der Waals surface area (Å²) in [5, 5.41) is 17.1. The van der Waals surface area contributed by atoms with E-state index in [1.807, 2.05) is 24.3 Å². The molecule has 1 aromatic heterocycles. The lowest BCUT2D eigenvalue weighted by molar-refractivity contribution is -0.119. The Hall–Kier alpha value is -2.91. The number of benzene rings is 1. The van der Waals surface area contributed by atoms with Crippen LogP contribution in [0.5, 0.6) is 5.75 Å². The van der Waals surface area contributed by atoms with Gasteiger partial charge in [0.1, 0.15) is 11.9 Å². The Balaban J connectivity index is 1.31. The van der Waals surface area contributed by atoms with Crippen molar-refractivity contribution in [3.05, 3.63) is 53.4 Å². The Bertz CT molecular complexity index is 934. The summed E-state index contributed by atoms with van der Waals surface area (Å²) in [5.74, 6) is 2.13. The van der Waals surface area contributed by atoms with E-state index in [-0.39, 0.29) is 18.0 Å². The number of ether oxygens (including phenoxy) is 1. The van der Waals surface area contributed by atoms with Crippen molar-refractivity contribution < 1.29 is 13.9 Å². The van der Waals surface area contributed by atoms with Crippen LogP contribution in [0.1, 0.15) is 36.1 Å². The monoisotopic (exact) mass is 410 g/mol. The third-order valence-electron chi connectivity index (χ3n) is 6.06. The number of nitrogens with zero attached hydrogens (tertiary/aromatic N) is 3. The number of aromatic nitrogens is 2. The normalized spacial score (nSPS) is 24.4. The standard InChI is InChI=1S/C21H26N6O3/c1-29-15-4-2-13(3-5-15)10-19-25-26-21(30-19)16-12-23-27-17(11-18(28)24-20(16)27)14-6-8-22-9-7-14/h2-5,11,14,16,20,22-23H,6-10,12H2,1H3,(H,24,28). The van der Waals surface area contributed by atoms with Gasteiger partial charge in [-0.25, -0.2) is 5.43 Å². The second-order valence-electron chi connectivity index (χ2n) is 7.94. The quantitative estimate of drug-likeness (QED) is 0.668. The number of fused-ring (bicyclic) bond motifs is 1. The lowest BCUT2D eigenvalue weighted by Crippen LogP contribution is -2.53. The van der Waals surface area contributed by atoms with Gasteiger partial charge in [-0.05, 0) is 43.6 Å². The molecule has 158 valence electrons. The average Bonchev–Trinajstić information content (AvgIpc) is 3.41. The number of amides is 1. The molecule has 3 aliphatic heterocycles. The average molecular weight is 410 g/mol. The number of hydrogen-bond acceptors (Lipinski definition) is 8. The maximum absolute atomic E-state index is 12.4. The predicted octanol–water partition coefficient (Wildman–Crippen LogP) is 0.912. The van der Waals surface area contributed by atoms with Gasteiger partial charge in [0, 0.05) is 24.2 Å². The molecule has 9 heteroatoms. The minimum absolute atomic E-state index is 0.0588. The Morgan fingerprint density at radius 1 is 1.20 bits per heavy atom. The molecule has 2 saturated heterocycles. The van der Waals surface area contributed by atoms with Crippen molar-refractivity contribution in [2.24, 2.45) is 5.92 Å². The Morgan fingerprint density at radius 3 is 2.77 bits per heavy atom. The van der Waals surface area contributed by atoms with Crippen LogP contribution >= 0.6 is 0 Å². The van der Waals surface area contributed by atoms with Crippen LogP contribution in [0.4, 0.5) is 0 Å². The van der Waals surface area contributed by atoms with Gasteiger partial charge in [0.15, 0.2) is 0 Å². The number of carbonyl (C=O) groups is 1. The number of allylic oxidation sites excluding steroid dienone is 1. The van der Waals surface area contributed by atoms with Crippen LogP contribution in [-0.2, 0) is 11.2 Å². The van der Waals surface area contributed by atoms with Gasteiger partial charge >= 0.3 is 0 Å². The van der Waals surface area contributed by atoms with Gasteiger partial charge in [0.25, 0.3) is 0 Å². The lowest BCUT2D eigenvalue weighted by Gasteiger charge is -2.38. The SMILES string of the molecule is COc1ccc(Cc2nnc(C3CNN4C(C5CCNCC5)=CC(=O)NC34)o2)cc1. The first-order valence-corrected chi connectivity index (χ1v) is 10.4. The molecular weight excluding hydrogens is 384 g/mol. The largest absolute Gasteiger partial charge is 0.497 e. The van der Waals surface area contributed by atoms with E-state index in [9.17, 15) is 4.79 Å². The number of hydrazine groups is 1. The van der Waals surface area contributed by atoms with Crippen molar-refractivity contribution in [2.45, 2.75) is 31.3 Å². The van der Waals surface area contributed by atoms with Gasteiger partial charge in [0.2, 0.25) is 17.7 Å². The molecule has 3 aliphatic rings. The van der Waals surface area contributed by atoms with Crippen LogP contribution in [0.2, 0.25) is 0 Å². The van der Waals surface area contributed by atoms with Crippen LogP contribution in [0.25, 0.3) is 0 Å². The molecule has 1 aromatic carbocycles. The van der Waals surface area contributed by atoms with Gasteiger partial charge in [-0.2, -0.15) is 0 Å². The minimum Gasteiger partial charge on any atom is -0.497 e. The fourth-order valence-electron chi connectivity index (χ4n) is 4.46. The highest BCUT2D eigenvalue weighted by Gasteiger charge is 2.44. The van der Waals surface area contributed by atoms with E-state index in [1.165, 1.54) is 0 Å². The fraction of sp³-hybridized carbons (Fsp3) is 0.476. The van der Waals surface area contributed by atoms with Crippen LogP contribution in [-0.4, -0.2) is 54.0 Å². The first-order chi connectivity index (χ1) is 14.7. The van der Waals surface area contributed by atoms with Crippen LogP contribution < -0.4 is 20.8 Å². The molecule has 2 aromatic rings. The van der Waals surface area contributed by atoms with Gasteiger partial charge in [0.05, 0.1) is 19.4 Å². The molecule has 0 aliphatic carbocycles.